The molecule has 0 aromatic heterocycles. The van der Waals surface area contributed by atoms with Crippen molar-refractivity contribution in [1.82, 2.24) is 0 Å². The average molecular weight is 278 g/mol. The van der Waals surface area contributed by atoms with E-state index in [-0.39, 0.29) is 11.6 Å². The number of aryl methyl sites for hydroxylation is 1. The smallest absolute Gasteiger partial charge is 0.198 e. The maximum Gasteiger partial charge on any atom is 0.198 e. The van der Waals surface area contributed by atoms with Crippen LogP contribution in [0.15, 0.2) is 49.1 Å². The predicted molar refractivity (Wildman–Crippen MR) is 80.2 cm³/mol. The van der Waals surface area contributed by atoms with E-state index in [0.717, 1.165) is 5.56 Å². The van der Waals surface area contributed by atoms with Gasteiger partial charge in [0.1, 0.15) is 12.4 Å². The van der Waals surface area contributed by atoms with Crippen LogP contribution in [0.2, 0.25) is 0 Å². The van der Waals surface area contributed by atoms with E-state index in [4.69, 9.17) is 4.74 Å². The van der Waals surface area contributed by atoms with Crippen molar-refractivity contribution in [2.24, 2.45) is 0 Å². The SMILES string of the molecule is C=CCOc1cc(C)cc2c1C(=O)c1ccccc1C2=O. The van der Waals surface area contributed by atoms with Crippen molar-refractivity contribution in [3.63, 3.8) is 0 Å². The lowest BCUT2D eigenvalue weighted by atomic mass is 9.83. The fourth-order valence-electron chi connectivity index (χ4n) is 2.59. The van der Waals surface area contributed by atoms with Crippen molar-refractivity contribution in [2.75, 3.05) is 6.61 Å². The molecule has 0 unspecified atom stereocenters. The Morgan fingerprint density at radius 3 is 2.38 bits per heavy atom. The molecule has 0 saturated carbocycles. The van der Waals surface area contributed by atoms with E-state index < -0.39 is 0 Å². The minimum absolute atomic E-state index is 0.132. The molecule has 0 saturated heterocycles. The number of benzene rings is 2. The summed E-state index contributed by atoms with van der Waals surface area (Å²) in [4.78, 5) is 25.3. The maximum absolute atomic E-state index is 12.7. The van der Waals surface area contributed by atoms with Gasteiger partial charge in [-0.2, -0.15) is 0 Å². The Balaban J connectivity index is 2.24. The Hall–Kier alpha value is -2.68. The van der Waals surface area contributed by atoms with E-state index in [9.17, 15) is 9.59 Å². The van der Waals surface area contributed by atoms with Crippen molar-refractivity contribution >= 4 is 11.6 Å². The summed E-state index contributed by atoms with van der Waals surface area (Å²) in [7, 11) is 0. The molecular formula is C18H14O3. The van der Waals surface area contributed by atoms with Crippen molar-refractivity contribution < 1.29 is 14.3 Å². The van der Waals surface area contributed by atoms with Crippen LogP contribution in [0.4, 0.5) is 0 Å². The first-order valence-electron chi connectivity index (χ1n) is 6.70. The molecule has 0 radical (unpaired) electrons. The topological polar surface area (TPSA) is 43.4 Å². The molecule has 104 valence electrons. The van der Waals surface area contributed by atoms with Crippen LogP contribution in [-0.2, 0) is 0 Å². The number of hydrogen-bond donors (Lipinski definition) is 0. The maximum atomic E-state index is 12.7. The average Bonchev–Trinajstić information content (AvgIpc) is 2.50. The Morgan fingerprint density at radius 1 is 1.05 bits per heavy atom. The quantitative estimate of drug-likeness (QED) is 0.690. The zero-order valence-corrected chi connectivity index (χ0v) is 11.7. The molecule has 21 heavy (non-hydrogen) atoms. The third-order valence-corrected chi connectivity index (χ3v) is 3.49. The van der Waals surface area contributed by atoms with Gasteiger partial charge in [0.2, 0.25) is 0 Å². The van der Waals surface area contributed by atoms with Gasteiger partial charge in [0.25, 0.3) is 0 Å². The second-order valence-electron chi connectivity index (χ2n) is 4.99. The first-order chi connectivity index (χ1) is 10.1. The normalized spacial score (nSPS) is 12.6. The summed E-state index contributed by atoms with van der Waals surface area (Å²) in [6.07, 6.45) is 1.61. The van der Waals surface area contributed by atoms with Gasteiger partial charge in [0.15, 0.2) is 11.6 Å². The molecule has 0 fully saturated rings. The highest BCUT2D eigenvalue weighted by molar-refractivity contribution is 6.29. The van der Waals surface area contributed by atoms with Gasteiger partial charge < -0.3 is 4.74 Å². The number of carbonyl (C=O) groups is 2. The highest BCUT2D eigenvalue weighted by Gasteiger charge is 2.32. The standard InChI is InChI=1S/C18H14O3/c1-3-8-21-15-10-11(2)9-14-16(15)18(20)13-7-5-4-6-12(13)17(14)19/h3-7,9-10H,1,8H2,2H3. The van der Waals surface area contributed by atoms with Gasteiger partial charge in [-0.15, -0.1) is 0 Å². The van der Waals surface area contributed by atoms with Crippen LogP contribution >= 0.6 is 0 Å². The largest absolute Gasteiger partial charge is 0.489 e. The summed E-state index contributed by atoms with van der Waals surface area (Å²) in [6.45, 7) is 5.77. The van der Waals surface area contributed by atoms with E-state index >= 15 is 0 Å². The van der Waals surface area contributed by atoms with Gasteiger partial charge in [-0.3, -0.25) is 9.59 Å². The Kier molecular flexibility index (Phi) is 3.18. The first kappa shape index (κ1) is 13.3. The summed E-state index contributed by atoms with van der Waals surface area (Å²) in [5.41, 5.74) is 2.54. The van der Waals surface area contributed by atoms with Crippen LogP contribution in [0, 0.1) is 6.92 Å². The summed E-state index contributed by atoms with van der Waals surface area (Å²) >= 11 is 0. The molecule has 1 aliphatic rings. The first-order valence-corrected chi connectivity index (χ1v) is 6.70. The third-order valence-electron chi connectivity index (χ3n) is 3.49. The summed E-state index contributed by atoms with van der Waals surface area (Å²) < 4.78 is 5.58. The van der Waals surface area contributed by atoms with E-state index in [1.807, 2.05) is 6.92 Å². The molecule has 2 aromatic rings. The van der Waals surface area contributed by atoms with Gasteiger partial charge in [-0.05, 0) is 24.6 Å². The molecular weight excluding hydrogens is 264 g/mol. The van der Waals surface area contributed by atoms with Gasteiger partial charge in [-0.25, -0.2) is 0 Å². The molecule has 3 rings (SSSR count). The van der Waals surface area contributed by atoms with Crippen molar-refractivity contribution in [1.29, 1.82) is 0 Å². The molecule has 3 heteroatoms. The number of ketones is 2. The fraction of sp³-hybridized carbons (Fsp3) is 0.111. The van der Waals surface area contributed by atoms with E-state index in [2.05, 4.69) is 6.58 Å². The van der Waals surface area contributed by atoms with Crippen LogP contribution in [0.3, 0.4) is 0 Å². The lowest BCUT2D eigenvalue weighted by Crippen LogP contribution is -2.22. The zero-order chi connectivity index (χ0) is 15.0. The van der Waals surface area contributed by atoms with E-state index in [1.165, 1.54) is 0 Å². The molecule has 0 spiro atoms. The molecule has 2 aromatic carbocycles. The van der Waals surface area contributed by atoms with Crippen LogP contribution < -0.4 is 4.74 Å². The summed E-state index contributed by atoms with van der Waals surface area (Å²) in [5, 5.41) is 0. The van der Waals surface area contributed by atoms with Gasteiger partial charge in [0.05, 0.1) is 5.56 Å². The van der Waals surface area contributed by atoms with Crippen LogP contribution in [0.5, 0.6) is 5.75 Å². The molecule has 3 nitrogen and oxygen atoms in total. The number of rotatable bonds is 3. The minimum atomic E-state index is -0.167. The van der Waals surface area contributed by atoms with Crippen molar-refractivity contribution in [3.8, 4) is 5.75 Å². The highest BCUT2D eigenvalue weighted by atomic mass is 16.5. The second-order valence-corrected chi connectivity index (χ2v) is 4.99. The van der Waals surface area contributed by atoms with Crippen LogP contribution in [0.1, 0.15) is 37.4 Å². The Labute approximate surface area is 122 Å². The monoisotopic (exact) mass is 278 g/mol. The number of ether oxygens (including phenoxy) is 1. The lowest BCUT2D eigenvalue weighted by molar-refractivity contribution is 0.0976. The molecule has 0 N–H and O–H groups in total. The number of carbonyl (C=O) groups excluding carboxylic acids is 2. The van der Waals surface area contributed by atoms with Gasteiger partial charge in [-0.1, -0.05) is 36.9 Å². The van der Waals surface area contributed by atoms with Crippen molar-refractivity contribution in [3.05, 3.63) is 76.9 Å². The van der Waals surface area contributed by atoms with Gasteiger partial charge >= 0.3 is 0 Å². The van der Waals surface area contributed by atoms with E-state index in [1.54, 1.807) is 42.5 Å². The van der Waals surface area contributed by atoms with Crippen LogP contribution in [-0.4, -0.2) is 18.2 Å². The second kappa shape index (κ2) is 5.02. The highest BCUT2D eigenvalue weighted by Crippen LogP contribution is 2.34. The Bertz CT molecular complexity index is 772. The zero-order valence-electron chi connectivity index (χ0n) is 11.7. The summed E-state index contributed by atoms with van der Waals surface area (Å²) in [6, 6.07) is 10.4. The molecule has 0 atom stereocenters. The molecule has 0 heterocycles. The Morgan fingerprint density at radius 2 is 1.71 bits per heavy atom. The summed E-state index contributed by atoms with van der Waals surface area (Å²) in [5.74, 6) is 0.143. The lowest BCUT2D eigenvalue weighted by Gasteiger charge is -2.20. The van der Waals surface area contributed by atoms with Gasteiger partial charge in [0, 0.05) is 16.7 Å². The third kappa shape index (κ3) is 2.07. The van der Waals surface area contributed by atoms with E-state index in [0.29, 0.717) is 34.6 Å². The van der Waals surface area contributed by atoms with Crippen LogP contribution in [0.25, 0.3) is 0 Å². The molecule has 0 aliphatic heterocycles. The fourth-order valence-corrected chi connectivity index (χ4v) is 2.59. The minimum Gasteiger partial charge on any atom is -0.489 e. The molecule has 1 aliphatic carbocycles. The molecule has 0 amide bonds. The van der Waals surface area contributed by atoms with Crippen molar-refractivity contribution in [2.45, 2.75) is 6.92 Å². The molecule has 0 bridgehead atoms. The number of fused-ring (bicyclic) bond motifs is 2. The number of hydrogen-bond acceptors (Lipinski definition) is 3. The predicted octanol–water partition coefficient (Wildman–Crippen LogP) is 3.34.